The fourth-order valence-corrected chi connectivity index (χ4v) is 1.86. The number of aromatic nitrogens is 1. The van der Waals surface area contributed by atoms with Crippen molar-refractivity contribution in [3.8, 4) is 0 Å². The maximum absolute atomic E-state index is 12.4. The molecule has 0 spiro atoms. The van der Waals surface area contributed by atoms with Crippen LogP contribution >= 0.6 is 0 Å². The number of methoxy groups -OCH3 is 1. The van der Waals surface area contributed by atoms with Crippen molar-refractivity contribution >= 4 is 5.78 Å². The molecule has 1 aromatic carbocycles. The van der Waals surface area contributed by atoms with E-state index in [0.29, 0.717) is 5.56 Å². The summed E-state index contributed by atoms with van der Waals surface area (Å²) in [6.45, 7) is 1.91. The number of rotatable bonds is 4. The molecule has 0 aliphatic rings. The van der Waals surface area contributed by atoms with Gasteiger partial charge in [-0.1, -0.05) is 30.3 Å². The van der Waals surface area contributed by atoms with Crippen LogP contribution in [-0.4, -0.2) is 17.9 Å². The molecule has 1 aromatic heterocycles. The summed E-state index contributed by atoms with van der Waals surface area (Å²) in [6, 6.07) is 11.3. The molecule has 1 heterocycles. The predicted molar refractivity (Wildman–Crippen MR) is 69.5 cm³/mol. The molecule has 0 N–H and O–H groups in total. The first-order valence-electron chi connectivity index (χ1n) is 5.76. The highest BCUT2D eigenvalue weighted by atomic mass is 16.5. The number of Topliss-reactive ketones (excluding diaryl/α,β-unsaturated/α-hetero) is 1. The number of ketones is 1. The van der Waals surface area contributed by atoms with Gasteiger partial charge in [0.15, 0.2) is 5.78 Å². The van der Waals surface area contributed by atoms with E-state index in [1.807, 2.05) is 43.3 Å². The van der Waals surface area contributed by atoms with Gasteiger partial charge in [0.2, 0.25) is 0 Å². The van der Waals surface area contributed by atoms with Gasteiger partial charge in [-0.25, -0.2) is 0 Å². The molecule has 1 atom stereocenters. The maximum atomic E-state index is 12.4. The summed E-state index contributed by atoms with van der Waals surface area (Å²) in [4.78, 5) is 16.4. The van der Waals surface area contributed by atoms with Crippen molar-refractivity contribution < 1.29 is 9.53 Å². The van der Waals surface area contributed by atoms with Gasteiger partial charge in [-0.15, -0.1) is 0 Å². The Labute approximate surface area is 106 Å². The van der Waals surface area contributed by atoms with Gasteiger partial charge in [0.1, 0.15) is 6.10 Å². The van der Waals surface area contributed by atoms with Crippen LogP contribution in [0.25, 0.3) is 0 Å². The Bertz CT molecular complexity index is 537. The van der Waals surface area contributed by atoms with E-state index in [1.54, 1.807) is 19.5 Å². The van der Waals surface area contributed by atoms with Crippen LogP contribution in [0.3, 0.4) is 0 Å². The topological polar surface area (TPSA) is 39.2 Å². The number of hydrogen-bond acceptors (Lipinski definition) is 3. The summed E-state index contributed by atoms with van der Waals surface area (Å²) < 4.78 is 5.32. The lowest BCUT2D eigenvalue weighted by Crippen LogP contribution is -2.15. The molecule has 3 heteroatoms. The minimum atomic E-state index is -0.574. The number of carbonyl (C=O) groups is 1. The van der Waals surface area contributed by atoms with Crippen molar-refractivity contribution in [2.75, 3.05) is 7.11 Å². The van der Waals surface area contributed by atoms with E-state index in [2.05, 4.69) is 4.98 Å². The molecule has 0 bridgehead atoms. The summed E-state index contributed by atoms with van der Waals surface area (Å²) >= 11 is 0. The SMILES string of the molecule is COC(C(=O)c1cncc(C)c1)c1ccccc1. The molecule has 92 valence electrons. The van der Waals surface area contributed by atoms with E-state index < -0.39 is 6.10 Å². The van der Waals surface area contributed by atoms with Crippen molar-refractivity contribution in [3.63, 3.8) is 0 Å². The van der Waals surface area contributed by atoms with Gasteiger partial charge in [0.25, 0.3) is 0 Å². The summed E-state index contributed by atoms with van der Waals surface area (Å²) in [7, 11) is 1.54. The molecule has 0 fully saturated rings. The molecule has 0 aliphatic heterocycles. The first-order valence-corrected chi connectivity index (χ1v) is 5.76. The Morgan fingerprint density at radius 1 is 1.22 bits per heavy atom. The zero-order valence-corrected chi connectivity index (χ0v) is 10.5. The standard InChI is InChI=1S/C15H15NO2/c1-11-8-13(10-16-9-11)14(17)15(18-2)12-6-4-3-5-7-12/h3-10,15H,1-2H3. The number of carbonyl (C=O) groups excluding carboxylic acids is 1. The van der Waals surface area contributed by atoms with Crippen LogP contribution in [0.4, 0.5) is 0 Å². The fraction of sp³-hybridized carbons (Fsp3) is 0.200. The Morgan fingerprint density at radius 3 is 2.56 bits per heavy atom. The number of pyridine rings is 1. The molecule has 2 rings (SSSR count). The van der Waals surface area contributed by atoms with E-state index in [9.17, 15) is 4.79 Å². The van der Waals surface area contributed by atoms with E-state index in [-0.39, 0.29) is 5.78 Å². The zero-order valence-electron chi connectivity index (χ0n) is 10.5. The molecule has 0 saturated heterocycles. The van der Waals surface area contributed by atoms with Crippen molar-refractivity contribution in [3.05, 3.63) is 65.5 Å². The van der Waals surface area contributed by atoms with Gasteiger partial charge in [-0.2, -0.15) is 0 Å². The molecular weight excluding hydrogens is 226 g/mol. The fourth-order valence-electron chi connectivity index (χ4n) is 1.86. The monoisotopic (exact) mass is 241 g/mol. The predicted octanol–water partition coefficient (Wildman–Crippen LogP) is 2.96. The minimum Gasteiger partial charge on any atom is -0.369 e. The second kappa shape index (κ2) is 5.56. The highest BCUT2D eigenvalue weighted by Gasteiger charge is 2.21. The Hall–Kier alpha value is -2.00. The lowest BCUT2D eigenvalue weighted by atomic mass is 10.0. The first kappa shape index (κ1) is 12.5. The van der Waals surface area contributed by atoms with Crippen LogP contribution in [0.2, 0.25) is 0 Å². The number of nitrogens with zero attached hydrogens (tertiary/aromatic N) is 1. The molecule has 0 saturated carbocycles. The van der Waals surface area contributed by atoms with Crippen LogP contribution in [-0.2, 0) is 4.74 Å². The van der Waals surface area contributed by atoms with Crippen LogP contribution in [0.15, 0.2) is 48.8 Å². The second-order valence-electron chi connectivity index (χ2n) is 4.14. The van der Waals surface area contributed by atoms with E-state index in [1.165, 1.54) is 0 Å². The molecule has 3 nitrogen and oxygen atoms in total. The summed E-state index contributed by atoms with van der Waals surface area (Å²) in [5, 5.41) is 0. The Kier molecular flexibility index (Phi) is 3.85. The van der Waals surface area contributed by atoms with Crippen molar-refractivity contribution in [1.29, 1.82) is 0 Å². The van der Waals surface area contributed by atoms with Gasteiger partial charge in [0, 0.05) is 25.1 Å². The molecule has 18 heavy (non-hydrogen) atoms. The first-order chi connectivity index (χ1) is 8.72. The maximum Gasteiger partial charge on any atom is 0.197 e. The molecule has 2 aromatic rings. The van der Waals surface area contributed by atoms with Crippen molar-refractivity contribution in [1.82, 2.24) is 4.98 Å². The highest BCUT2D eigenvalue weighted by molar-refractivity contribution is 5.99. The van der Waals surface area contributed by atoms with Gasteiger partial charge in [0.05, 0.1) is 0 Å². The van der Waals surface area contributed by atoms with E-state index >= 15 is 0 Å². The third kappa shape index (κ3) is 2.63. The van der Waals surface area contributed by atoms with Gasteiger partial charge in [-0.3, -0.25) is 9.78 Å². The average Bonchev–Trinajstić information content (AvgIpc) is 2.41. The smallest absolute Gasteiger partial charge is 0.197 e. The van der Waals surface area contributed by atoms with Gasteiger partial charge < -0.3 is 4.74 Å². The van der Waals surface area contributed by atoms with Crippen molar-refractivity contribution in [2.24, 2.45) is 0 Å². The summed E-state index contributed by atoms with van der Waals surface area (Å²) in [5.41, 5.74) is 2.39. The lowest BCUT2D eigenvalue weighted by Gasteiger charge is -2.14. The molecule has 1 unspecified atom stereocenters. The summed E-state index contributed by atoms with van der Waals surface area (Å²) in [6.07, 6.45) is 2.72. The van der Waals surface area contributed by atoms with Crippen molar-refractivity contribution in [2.45, 2.75) is 13.0 Å². The highest BCUT2D eigenvalue weighted by Crippen LogP contribution is 2.21. The van der Waals surface area contributed by atoms with Crippen LogP contribution in [0.5, 0.6) is 0 Å². The lowest BCUT2D eigenvalue weighted by molar-refractivity contribution is 0.0604. The van der Waals surface area contributed by atoms with E-state index in [4.69, 9.17) is 4.74 Å². The number of aryl methyl sites for hydroxylation is 1. The Morgan fingerprint density at radius 2 is 1.94 bits per heavy atom. The second-order valence-corrected chi connectivity index (χ2v) is 4.14. The van der Waals surface area contributed by atoms with Crippen LogP contribution in [0, 0.1) is 6.92 Å². The third-order valence-corrected chi connectivity index (χ3v) is 2.74. The number of benzene rings is 1. The van der Waals surface area contributed by atoms with Gasteiger partial charge >= 0.3 is 0 Å². The largest absolute Gasteiger partial charge is 0.369 e. The number of hydrogen-bond donors (Lipinski definition) is 0. The van der Waals surface area contributed by atoms with Gasteiger partial charge in [-0.05, 0) is 24.1 Å². The summed E-state index contributed by atoms with van der Waals surface area (Å²) in [5.74, 6) is -0.0695. The minimum absolute atomic E-state index is 0.0695. The average molecular weight is 241 g/mol. The van der Waals surface area contributed by atoms with E-state index in [0.717, 1.165) is 11.1 Å². The quantitative estimate of drug-likeness (QED) is 0.772. The number of ether oxygens (including phenoxy) is 1. The molecular formula is C15H15NO2. The Balaban J connectivity index is 2.32. The van der Waals surface area contributed by atoms with Crippen LogP contribution < -0.4 is 0 Å². The zero-order chi connectivity index (χ0) is 13.0. The molecule has 0 aliphatic carbocycles. The third-order valence-electron chi connectivity index (χ3n) is 2.74. The molecule has 0 radical (unpaired) electrons. The normalized spacial score (nSPS) is 12.1. The van der Waals surface area contributed by atoms with Crippen LogP contribution in [0.1, 0.15) is 27.6 Å². The molecule has 0 amide bonds.